The van der Waals surface area contributed by atoms with Crippen molar-refractivity contribution in [2.75, 3.05) is 6.54 Å². The van der Waals surface area contributed by atoms with Gasteiger partial charge in [0.05, 0.1) is 6.42 Å². The van der Waals surface area contributed by atoms with Crippen LogP contribution in [0.4, 0.5) is 4.39 Å². The fraction of sp³-hybridized carbons (Fsp3) is 0.467. The molecule has 1 aliphatic rings. The van der Waals surface area contributed by atoms with Crippen LogP contribution in [0.1, 0.15) is 41.6 Å². The molecule has 114 valence electrons. The van der Waals surface area contributed by atoms with E-state index in [9.17, 15) is 14.0 Å². The smallest absolute Gasteiger partial charge is 0.304 e. The summed E-state index contributed by atoms with van der Waals surface area (Å²) in [7, 11) is 0. The van der Waals surface area contributed by atoms with Gasteiger partial charge < -0.3 is 10.8 Å². The van der Waals surface area contributed by atoms with Crippen molar-refractivity contribution in [1.82, 2.24) is 4.90 Å². The van der Waals surface area contributed by atoms with E-state index in [1.807, 2.05) is 4.90 Å². The van der Waals surface area contributed by atoms with Gasteiger partial charge in [-0.25, -0.2) is 4.39 Å². The molecule has 6 heteroatoms. The highest BCUT2D eigenvalue weighted by Crippen LogP contribution is 2.23. The molecule has 0 radical (unpaired) electrons. The maximum absolute atomic E-state index is 13.9. The number of primary amides is 1. The summed E-state index contributed by atoms with van der Waals surface area (Å²) in [5.74, 6) is -1.85. The van der Waals surface area contributed by atoms with E-state index >= 15 is 0 Å². The average Bonchev–Trinajstić information content (AvgIpc) is 2.42. The third kappa shape index (κ3) is 4.01. The number of hydrogen-bond acceptors (Lipinski definition) is 3. The first kappa shape index (κ1) is 15.4. The molecular weight excluding hydrogens is 275 g/mol. The number of carboxylic acid groups (broad SMARTS) is 1. The molecule has 1 saturated heterocycles. The molecule has 0 bridgehead atoms. The molecule has 0 aromatic heterocycles. The fourth-order valence-corrected chi connectivity index (χ4v) is 2.77. The van der Waals surface area contributed by atoms with Crippen molar-refractivity contribution >= 4 is 11.9 Å². The fourth-order valence-electron chi connectivity index (χ4n) is 2.77. The molecular formula is C15H19FN2O3. The summed E-state index contributed by atoms with van der Waals surface area (Å²) in [6.45, 7) is 1.03. The molecule has 1 aromatic rings. The highest BCUT2D eigenvalue weighted by atomic mass is 19.1. The molecule has 0 spiro atoms. The van der Waals surface area contributed by atoms with Crippen LogP contribution in [0.3, 0.4) is 0 Å². The lowest BCUT2D eigenvalue weighted by molar-refractivity contribution is -0.138. The number of rotatable bonds is 5. The van der Waals surface area contributed by atoms with Gasteiger partial charge in [0.1, 0.15) is 5.82 Å². The van der Waals surface area contributed by atoms with E-state index in [0.29, 0.717) is 12.1 Å². The lowest BCUT2D eigenvalue weighted by Gasteiger charge is -2.35. The molecule has 0 aliphatic carbocycles. The predicted octanol–water partition coefficient (Wildman–Crippen LogP) is 1.75. The average molecular weight is 294 g/mol. The minimum Gasteiger partial charge on any atom is -0.481 e. The van der Waals surface area contributed by atoms with Crippen LogP contribution >= 0.6 is 0 Å². The highest BCUT2D eigenvalue weighted by molar-refractivity contribution is 5.92. The summed E-state index contributed by atoms with van der Waals surface area (Å²) in [5, 5.41) is 8.96. The number of likely N-dealkylation sites (tertiary alicyclic amines) is 1. The number of nitrogens with zero attached hydrogens (tertiary/aromatic N) is 1. The van der Waals surface area contributed by atoms with Gasteiger partial charge in [-0.2, -0.15) is 0 Å². The van der Waals surface area contributed by atoms with Crippen LogP contribution in [0.5, 0.6) is 0 Å². The number of halogens is 1. The largest absolute Gasteiger partial charge is 0.481 e. The minimum absolute atomic E-state index is 0.0527. The molecule has 1 heterocycles. The van der Waals surface area contributed by atoms with Gasteiger partial charge >= 0.3 is 5.97 Å². The summed E-state index contributed by atoms with van der Waals surface area (Å²) >= 11 is 0. The quantitative estimate of drug-likeness (QED) is 0.866. The number of benzene rings is 1. The van der Waals surface area contributed by atoms with Crippen molar-refractivity contribution in [2.24, 2.45) is 5.73 Å². The standard InChI is InChI=1S/C15H19FN2O3/c16-13-5-4-10(15(17)21)7-11(13)9-18-6-2-1-3-12(18)8-14(19)20/h4-5,7,12H,1-3,6,8-9H2,(H2,17,21)(H,19,20). The van der Waals surface area contributed by atoms with E-state index in [1.54, 1.807) is 0 Å². The molecule has 2 rings (SSSR count). The third-order valence-corrected chi connectivity index (χ3v) is 3.86. The molecule has 5 nitrogen and oxygen atoms in total. The van der Waals surface area contributed by atoms with Crippen LogP contribution in [0, 0.1) is 5.82 Å². The number of amides is 1. The van der Waals surface area contributed by atoms with Gasteiger partial charge in [-0.05, 0) is 37.6 Å². The van der Waals surface area contributed by atoms with Gasteiger partial charge in [0.15, 0.2) is 0 Å². The second-order valence-corrected chi connectivity index (χ2v) is 5.39. The topological polar surface area (TPSA) is 83.6 Å². The van der Waals surface area contributed by atoms with Crippen molar-refractivity contribution in [3.8, 4) is 0 Å². The second-order valence-electron chi connectivity index (χ2n) is 5.39. The van der Waals surface area contributed by atoms with Crippen molar-refractivity contribution in [1.29, 1.82) is 0 Å². The summed E-state index contributed by atoms with van der Waals surface area (Å²) in [5.41, 5.74) is 5.85. The van der Waals surface area contributed by atoms with Gasteiger partial charge in [-0.1, -0.05) is 6.42 Å². The molecule has 1 fully saturated rings. The van der Waals surface area contributed by atoms with Gasteiger partial charge in [0.2, 0.25) is 5.91 Å². The highest BCUT2D eigenvalue weighted by Gasteiger charge is 2.25. The van der Waals surface area contributed by atoms with Crippen LogP contribution < -0.4 is 5.73 Å². The number of hydrogen-bond donors (Lipinski definition) is 2. The van der Waals surface area contributed by atoms with Crippen molar-refractivity contribution in [3.05, 3.63) is 35.1 Å². The zero-order chi connectivity index (χ0) is 15.4. The van der Waals surface area contributed by atoms with Crippen LogP contribution in [-0.4, -0.2) is 34.5 Å². The van der Waals surface area contributed by atoms with Crippen LogP contribution in [0.25, 0.3) is 0 Å². The zero-order valence-electron chi connectivity index (χ0n) is 11.7. The number of piperidine rings is 1. The minimum atomic E-state index is -0.849. The number of carboxylic acids is 1. The van der Waals surface area contributed by atoms with E-state index in [0.717, 1.165) is 25.8 Å². The SMILES string of the molecule is NC(=O)c1ccc(F)c(CN2CCCCC2CC(=O)O)c1. The van der Waals surface area contributed by atoms with Crippen molar-refractivity contribution in [2.45, 2.75) is 38.3 Å². The Morgan fingerprint density at radius 3 is 2.81 bits per heavy atom. The van der Waals surface area contributed by atoms with Gasteiger partial charge in [-0.15, -0.1) is 0 Å². The van der Waals surface area contributed by atoms with Gasteiger partial charge in [0, 0.05) is 23.7 Å². The zero-order valence-corrected chi connectivity index (χ0v) is 11.7. The maximum Gasteiger partial charge on any atom is 0.304 e. The molecule has 0 saturated carbocycles. The Bertz CT molecular complexity index is 548. The Balaban J connectivity index is 2.16. The first-order valence-corrected chi connectivity index (χ1v) is 7.01. The van der Waals surface area contributed by atoms with Crippen molar-refractivity contribution in [3.63, 3.8) is 0 Å². The maximum atomic E-state index is 13.9. The number of carbonyl (C=O) groups excluding carboxylic acids is 1. The number of carbonyl (C=O) groups is 2. The third-order valence-electron chi connectivity index (χ3n) is 3.86. The van der Waals surface area contributed by atoms with E-state index in [-0.39, 0.29) is 18.0 Å². The van der Waals surface area contributed by atoms with Gasteiger partial charge in [-0.3, -0.25) is 14.5 Å². The van der Waals surface area contributed by atoms with E-state index in [1.165, 1.54) is 18.2 Å². The Hall–Kier alpha value is -1.95. The Labute approximate surface area is 122 Å². The first-order valence-electron chi connectivity index (χ1n) is 7.01. The molecule has 3 N–H and O–H groups in total. The summed E-state index contributed by atoms with van der Waals surface area (Å²) in [4.78, 5) is 24.1. The molecule has 1 aromatic carbocycles. The normalized spacial score (nSPS) is 19.4. The molecule has 1 atom stereocenters. The Morgan fingerprint density at radius 2 is 2.14 bits per heavy atom. The lowest BCUT2D eigenvalue weighted by Crippen LogP contribution is -2.40. The van der Waals surface area contributed by atoms with E-state index in [2.05, 4.69) is 0 Å². The van der Waals surface area contributed by atoms with Crippen LogP contribution in [0.2, 0.25) is 0 Å². The lowest BCUT2D eigenvalue weighted by atomic mass is 9.98. The van der Waals surface area contributed by atoms with Crippen LogP contribution in [-0.2, 0) is 11.3 Å². The van der Waals surface area contributed by atoms with Crippen molar-refractivity contribution < 1.29 is 19.1 Å². The summed E-state index contributed by atoms with van der Waals surface area (Å²) in [6, 6.07) is 3.94. The van der Waals surface area contributed by atoms with Gasteiger partial charge in [0.25, 0.3) is 0 Å². The predicted molar refractivity (Wildman–Crippen MR) is 75.2 cm³/mol. The number of nitrogens with two attached hydrogens (primary N) is 1. The summed E-state index contributed by atoms with van der Waals surface area (Å²) in [6.07, 6.45) is 2.80. The molecule has 21 heavy (non-hydrogen) atoms. The molecule has 1 amide bonds. The monoisotopic (exact) mass is 294 g/mol. The summed E-state index contributed by atoms with van der Waals surface area (Å²) < 4.78 is 13.9. The first-order chi connectivity index (χ1) is 9.97. The van der Waals surface area contributed by atoms with E-state index < -0.39 is 17.7 Å². The molecule has 1 unspecified atom stereocenters. The second kappa shape index (κ2) is 6.67. The van der Waals surface area contributed by atoms with E-state index in [4.69, 9.17) is 10.8 Å². The molecule has 1 aliphatic heterocycles. The Morgan fingerprint density at radius 1 is 1.38 bits per heavy atom. The van der Waals surface area contributed by atoms with Crippen LogP contribution in [0.15, 0.2) is 18.2 Å². The Kier molecular flexibility index (Phi) is 4.90. The number of aliphatic carboxylic acids is 1.